The fourth-order valence-electron chi connectivity index (χ4n) is 4.76. The SMILES string of the molecule is COC1[C@@H](CN(CCCNCCCNCCCN)/[N+]([O-])=N/[O-])O[C@H](OC2[C@@H](CO)O[C@H](C)[C@H](O)[C@H]2O)[C@H](O)[C@H]1O. The molecule has 2 unspecified atom stereocenters. The Hall–Kier alpha value is -1.48. The number of nitrogens with two attached hydrogens (primary N) is 1. The second kappa shape index (κ2) is 18.1. The standard InChI is InChI=1S/C23H48N6O11/c1-14-17(31)18(32)22(16(13-30)38-14)40-23-20(34)19(33)21(37-2)15(39-23)12-28(29(36)27-35)11-5-10-26-9-4-8-25-7-3-6-24/h14-23,25-26,30-35H,3-13,24H2,1-2H3/p-1/b29-27-/t14-,15-,16-,17+,18-,19-,20-,21?,22?,23-/m1/s1. The van der Waals surface area contributed by atoms with Crippen LogP contribution in [0.1, 0.15) is 26.2 Å². The first-order chi connectivity index (χ1) is 19.2. The summed E-state index contributed by atoms with van der Waals surface area (Å²) in [6, 6.07) is 0. The minimum absolute atomic E-state index is 0.114. The molecule has 0 spiro atoms. The number of aliphatic hydroxyl groups excluding tert-OH is 5. The van der Waals surface area contributed by atoms with Crippen molar-refractivity contribution >= 4 is 0 Å². The molecule has 2 fully saturated rings. The van der Waals surface area contributed by atoms with Crippen molar-refractivity contribution in [3.8, 4) is 0 Å². The number of rotatable bonds is 18. The van der Waals surface area contributed by atoms with E-state index in [4.69, 9.17) is 24.7 Å². The Morgan fingerprint density at radius 3 is 2.15 bits per heavy atom. The van der Waals surface area contributed by atoms with E-state index >= 15 is 0 Å². The maximum absolute atomic E-state index is 12.2. The molecule has 17 heteroatoms. The summed E-state index contributed by atoms with van der Waals surface area (Å²) in [5.74, 6) is 0. The lowest BCUT2D eigenvalue weighted by Gasteiger charge is -2.46. The maximum Gasteiger partial charge on any atom is 0.187 e. The lowest BCUT2D eigenvalue weighted by molar-refractivity contribution is -0.692. The molecule has 2 saturated heterocycles. The molecule has 9 N–H and O–H groups in total. The van der Waals surface area contributed by atoms with Crippen molar-refractivity contribution in [2.75, 3.05) is 59.5 Å². The van der Waals surface area contributed by atoms with E-state index in [-0.39, 0.29) is 18.1 Å². The van der Waals surface area contributed by atoms with Crippen molar-refractivity contribution in [2.24, 2.45) is 11.0 Å². The highest BCUT2D eigenvalue weighted by atomic mass is 16.7. The number of ether oxygens (including phenoxy) is 4. The van der Waals surface area contributed by atoms with Gasteiger partial charge in [-0.15, -0.1) is 5.01 Å². The zero-order valence-electron chi connectivity index (χ0n) is 23.2. The van der Waals surface area contributed by atoms with Gasteiger partial charge in [0.2, 0.25) is 0 Å². The first-order valence-corrected chi connectivity index (χ1v) is 13.7. The van der Waals surface area contributed by atoms with Gasteiger partial charge in [0.05, 0.1) is 19.3 Å². The van der Waals surface area contributed by atoms with Crippen LogP contribution in [0.5, 0.6) is 0 Å². The minimum Gasteiger partial charge on any atom is -0.737 e. The third kappa shape index (κ3) is 9.81. The van der Waals surface area contributed by atoms with Gasteiger partial charge in [0, 0.05) is 12.1 Å². The van der Waals surface area contributed by atoms with Crippen LogP contribution < -0.4 is 16.4 Å². The predicted molar refractivity (Wildman–Crippen MR) is 139 cm³/mol. The van der Waals surface area contributed by atoms with Gasteiger partial charge in [0.1, 0.15) is 55.4 Å². The molecular weight excluding hydrogens is 536 g/mol. The quantitative estimate of drug-likeness (QED) is 0.0335. The van der Waals surface area contributed by atoms with Crippen LogP contribution in [0.2, 0.25) is 0 Å². The molecular formula is C23H47N6O11-. The Balaban J connectivity index is 1.98. The van der Waals surface area contributed by atoms with Gasteiger partial charge in [0.25, 0.3) is 0 Å². The number of hydrogen-bond acceptors (Lipinski definition) is 15. The molecule has 0 amide bonds. The largest absolute Gasteiger partial charge is 0.737 e. The zero-order chi connectivity index (χ0) is 29.7. The lowest BCUT2D eigenvalue weighted by Crippen LogP contribution is -2.65. The second-order valence-electron chi connectivity index (χ2n) is 9.96. The third-order valence-corrected chi connectivity index (χ3v) is 7.04. The molecule has 10 atom stereocenters. The Morgan fingerprint density at radius 1 is 0.925 bits per heavy atom. The summed E-state index contributed by atoms with van der Waals surface area (Å²) in [5, 5.41) is 85.0. The van der Waals surface area contributed by atoms with Crippen molar-refractivity contribution in [1.29, 1.82) is 0 Å². The molecule has 17 nitrogen and oxygen atoms in total. The molecule has 0 aliphatic carbocycles. The average Bonchev–Trinajstić information content (AvgIpc) is 2.95. The molecule has 2 aliphatic rings. The monoisotopic (exact) mass is 583 g/mol. The number of hydrazine groups is 1. The maximum atomic E-state index is 12.2. The molecule has 0 bridgehead atoms. The van der Waals surface area contributed by atoms with Gasteiger partial charge < -0.3 is 71.3 Å². The average molecular weight is 584 g/mol. The fraction of sp³-hybridized carbons (Fsp3) is 1.00. The Labute approximate surface area is 234 Å². The highest BCUT2D eigenvalue weighted by molar-refractivity contribution is 4.95. The van der Waals surface area contributed by atoms with Crippen molar-refractivity contribution in [1.82, 2.24) is 15.6 Å². The van der Waals surface area contributed by atoms with Gasteiger partial charge in [-0.2, -0.15) is 0 Å². The van der Waals surface area contributed by atoms with Crippen LogP contribution in [0, 0.1) is 10.4 Å². The molecule has 2 rings (SSSR count). The molecule has 0 radical (unpaired) electrons. The van der Waals surface area contributed by atoms with E-state index in [0.717, 1.165) is 37.5 Å². The summed E-state index contributed by atoms with van der Waals surface area (Å²) >= 11 is 0. The van der Waals surface area contributed by atoms with Crippen molar-refractivity contribution in [2.45, 2.75) is 87.4 Å². The number of nitrogens with one attached hydrogen (secondary N) is 2. The van der Waals surface area contributed by atoms with E-state index in [1.807, 2.05) is 0 Å². The molecule has 0 aromatic heterocycles. The van der Waals surface area contributed by atoms with Crippen LogP contribution in [0.3, 0.4) is 0 Å². The Morgan fingerprint density at radius 2 is 1.55 bits per heavy atom. The van der Waals surface area contributed by atoms with Gasteiger partial charge in [-0.05, 0) is 64.2 Å². The highest BCUT2D eigenvalue weighted by Gasteiger charge is 2.50. The van der Waals surface area contributed by atoms with Crippen molar-refractivity contribution in [3.05, 3.63) is 10.4 Å². The van der Waals surface area contributed by atoms with Gasteiger partial charge in [0.15, 0.2) is 6.29 Å². The number of aliphatic hydroxyl groups is 5. The molecule has 2 aliphatic heterocycles. The van der Waals surface area contributed by atoms with Crippen LogP contribution >= 0.6 is 0 Å². The van der Waals surface area contributed by atoms with Crippen molar-refractivity contribution < 1.29 is 49.4 Å². The second-order valence-corrected chi connectivity index (χ2v) is 9.96. The van der Waals surface area contributed by atoms with Crippen LogP contribution in [-0.2, 0) is 18.9 Å². The third-order valence-electron chi connectivity index (χ3n) is 7.04. The number of methoxy groups -OCH3 is 1. The summed E-state index contributed by atoms with van der Waals surface area (Å²) in [5.41, 5.74) is 5.45. The van der Waals surface area contributed by atoms with Gasteiger partial charge in [-0.3, -0.25) is 0 Å². The van der Waals surface area contributed by atoms with Crippen LogP contribution in [-0.4, -0.2) is 156 Å². The van der Waals surface area contributed by atoms with E-state index in [1.54, 1.807) is 0 Å². The van der Waals surface area contributed by atoms with Gasteiger partial charge in [-0.1, -0.05) is 0 Å². The summed E-state index contributed by atoms with van der Waals surface area (Å²) in [6.45, 7) is 4.48. The summed E-state index contributed by atoms with van der Waals surface area (Å²) in [7, 11) is 1.28. The predicted octanol–water partition coefficient (Wildman–Crippen LogP) is -3.68. The zero-order valence-corrected chi connectivity index (χ0v) is 23.2. The van der Waals surface area contributed by atoms with Gasteiger partial charge in [-0.25, -0.2) is 0 Å². The van der Waals surface area contributed by atoms with E-state index in [2.05, 4.69) is 15.9 Å². The normalized spacial score (nSPS) is 35.1. The minimum atomic E-state index is -1.65. The molecule has 236 valence electrons. The summed E-state index contributed by atoms with van der Waals surface area (Å²) in [6.07, 6.45) is -10.7. The smallest absolute Gasteiger partial charge is 0.187 e. The molecule has 0 saturated carbocycles. The fourth-order valence-corrected chi connectivity index (χ4v) is 4.76. The summed E-state index contributed by atoms with van der Waals surface area (Å²) < 4.78 is 22.3. The molecule has 40 heavy (non-hydrogen) atoms. The van der Waals surface area contributed by atoms with Crippen LogP contribution in [0.25, 0.3) is 0 Å². The Bertz CT molecular complexity index is 727. The number of nitrogens with zero attached hydrogens (tertiary/aromatic N) is 3. The van der Waals surface area contributed by atoms with E-state index in [1.165, 1.54) is 14.0 Å². The first kappa shape index (κ1) is 34.7. The van der Waals surface area contributed by atoms with E-state index < -0.39 is 67.8 Å². The molecule has 0 aromatic rings. The van der Waals surface area contributed by atoms with E-state index in [9.17, 15) is 35.9 Å². The number of hydrogen-bond donors (Lipinski definition) is 8. The van der Waals surface area contributed by atoms with Crippen LogP contribution in [0.15, 0.2) is 5.28 Å². The van der Waals surface area contributed by atoms with Crippen molar-refractivity contribution in [3.63, 3.8) is 0 Å². The van der Waals surface area contributed by atoms with Gasteiger partial charge >= 0.3 is 0 Å². The Kier molecular flexibility index (Phi) is 15.7. The topological polar surface area (TPSA) is 253 Å². The first-order valence-electron chi connectivity index (χ1n) is 13.7. The highest BCUT2D eigenvalue weighted by Crippen LogP contribution is 2.30. The molecule has 2 heterocycles. The molecule has 0 aromatic carbocycles. The lowest BCUT2D eigenvalue weighted by atomic mass is 9.94. The van der Waals surface area contributed by atoms with Crippen LogP contribution in [0.4, 0.5) is 0 Å². The van der Waals surface area contributed by atoms with E-state index in [0.29, 0.717) is 19.5 Å². The summed E-state index contributed by atoms with van der Waals surface area (Å²) in [4.78, 5) is -0.122.